The summed E-state index contributed by atoms with van der Waals surface area (Å²) in [6.07, 6.45) is 4.97. The zero-order valence-electron chi connectivity index (χ0n) is 15.5. The number of nitrogens with zero attached hydrogens (tertiary/aromatic N) is 5. The van der Waals surface area contributed by atoms with Crippen molar-refractivity contribution in [3.05, 3.63) is 52.4 Å². The van der Waals surface area contributed by atoms with Crippen LogP contribution in [0.2, 0.25) is 0 Å². The zero-order valence-corrected chi connectivity index (χ0v) is 16.3. The van der Waals surface area contributed by atoms with Crippen molar-refractivity contribution in [1.82, 2.24) is 25.3 Å². The first-order valence-electron chi connectivity index (χ1n) is 9.00. The van der Waals surface area contributed by atoms with E-state index in [9.17, 15) is 4.79 Å². The number of nitrogens with one attached hydrogen (secondary N) is 1. The van der Waals surface area contributed by atoms with Crippen molar-refractivity contribution in [3.63, 3.8) is 0 Å². The largest absolute Gasteiger partial charge is 0.378 e. The molecule has 0 aromatic carbocycles. The van der Waals surface area contributed by atoms with Crippen LogP contribution < -0.4 is 10.2 Å². The van der Waals surface area contributed by atoms with E-state index in [0.29, 0.717) is 37.0 Å². The number of hydrogen-bond donors (Lipinski definition) is 1. The molecular formula is C19H20N6O2S. The average Bonchev–Trinajstić information content (AvgIpc) is 3.18. The van der Waals surface area contributed by atoms with E-state index >= 15 is 0 Å². The molecule has 0 radical (unpaired) electrons. The molecule has 0 saturated carbocycles. The molecule has 0 unspecified atom stereocenters. The maximum atomic E-state index is 12.8. The van der Waals surface area contributed by atoms with Crippen LogP contribution in [-0.4, -0.2) is 52.1 Å². The number of carbonyl (C=O) groups is 1. The first-order valence-corrected chi connectivity index (χ1v) is 9.88. The normalized spacial score (nSPS) is 14.1. The zero-order chi connectivity index (χ0) is 19.3. The molecule has 9 heteroatoms. The summed E-state index contributed by atoms with van der Waals surface area (Å²) in [4.78, 5) is 32.5. The Kier molecular flexibility index (Phi) is 5.54. The molecule has 1 aliphatic heterocycles. The van der Waals surface area contributed by atoms with E-state index in [2.05, 4.69) is 25.2 Å². The Bertz CT molecular complexity index is 956. The Morgan fingerprint density at radius 3 is 2.75 bits per heavy atom. The molecule has 1 fully saturated rings. The summed E-state index contributed by atoms with van der Waals surface area (Å²) in [5, 5.41) is 5.74. The minimum absolute atomic E-state index is 0.229. The number of anilines is 1. The molecule has 4 rings (SSSR count). The molecule has 4 heterocycles. The van der Waals surface area contributed by atoms with Crippen molar-refractivity contribution in [3.8, 4) is 11.3 Å². The van der Waals surface area contributed by atoms with Gasteiger partial charge in [-0.3, -0.25) is 9.78 Å². The number of amides is 1. The van der Waals surface area contributed by atoms with Crippen LogP contribution in [-0.2, 0) is 11.3 Å². The lowest BCUT2D eigenvalue weighted by atomic mass is 10.1. The molecular weight excluding hydrogens is 376 g/mol. The lowest BCUT2D eigenvalue weighted by Gasteiger charge is -2.27. The summed E-state index contributed by atoms with van der Waals surface area (Å²) in [6.45, 7) is 5.04. The smallest absolute Gasteiger partial charge is 0.255 e. The van der Waals surface area contributed by atoms with Gasteiger partial charge in [-0.1, -0.05) is 0 Å². The minimum Gasteiger partial charge on any atom is -0.378 e. The number of rotatable bonds is 5. The van der Waals surface area contributed by atoms with Crippen LogP contribution in [0.4, 0.5) is 5.95 Å². The summed E-state index contributed by atoms with van der Waals surface area (Å²) in [7, 11) is 0. The molecule has 3 aromatic heterocycles. The van der Waals surface area contributed by atoms with Crippen molar-refractivity contribution in [2.45, 2.75) is 13.5 Å². The van der Waals surface area contributed by atoms with Crippen LogP contribution >= 0.6 is 11.3 Å². The van der Waals surface area contributed by atoms with Crippen molar-refractivity contribution >= 4 is 23.2 Å². The maximum Gasteiger partial charge on any atom is 0.255 e. The van der Waals surface area contributed by atoms with Crippen molar-refractivity contribution in [1.29, 1.82) is 0 Å². The standard InChI is InChI=1S/C19H20N6O2S/c1-13-12-28-16(23-13)11-21-18(26)15-10-22-19(25-6-8-27-9-7-25)24-17(15)14-2-4-20-5-3-14/h2-5,10,12H,6-9,11H2,1H3,(H,21,26). The molecule has 1 N–H and O–H groups in total. The van der Waals surface area contributed by atoms with Gasteiger partial charge in [0.05, 0.1) is 31.0 Å². The number of aromatic nitrogens is 4. The van der Waals surface area contributed by atoms with Crippen LogP contribution in [0.1, 0.15) is 21.1 Å². The summed E-state index contributed by atoms with van der Waals surface area (Å²) in [6, 6.07) is 3.68. The van der Waals surface area contributed by atoms with Gasteiger partial charge in [-0.05, 0) is 19.1 Å². The third-order valence-corrected chi connectivity index (χ3v) is 5.30. The summed E-state index contributed by atoms with van der Waals surface area (Å²) in [5.74, 6) is 0.371. The molecule has 0 bridgehead atoms. The molecule has 1 amide bonds. The van der Waals surface area contributed by atoms with Crippen molar-refractivity contribution < 1.29 is 9.53 Å². The van der Waals surface area contributed by atoms with E-state index < -0.39 is 0 Å². The van der Waals surface area contributed by atoms with Gasteiger partial charge in [-0.2, -0.15) is 0 Å². The Balaban J connectivity index is 1.62. The van der Waals surface area contributed by atoms with Gasteiger partial charge in [0.1, 0.15) is 5.01 Å². The molecule has 0 atom stereocenters. The fraction of sp³-hybridized carbons (Fsp3) is 0.316. The predicted octanol–water partition coefficient (Wildman–Crippen LogP) is 2.07. The SMILES string of the molecule is Cc1csc(CNC(=O)c2cnc(N3CCOCC3)nc2-c2ccncc2)n1. The quantitative estimate of drug-likeness (QED) is 0.706. The van der Waals surface area contributed by atoms with Gasteiger partial charge in [0.2, 0.25) is 5.95 Å². The third-order valence-electron chi connectivity index (χ3n) is 4.34. The van der Waals surface area contributed by atoms with Gasteiger partial charge < -0.3 is 15.0 Å². The van der Waals surface area contributed by atoms with Crippen molar-refractivity contribution in [2.24, 2.45) is 0 Å². The molecule has 28 heavy (non-hydrogen) atoms. The molecule has 0 aliphatic carbocycles. The number of aryl methyl sites for hydroxylation is 1. The van der Waals surface area contributed by atoms with E-state index in [-0.39, 0.29) is 5.91 Å². The molecule has 1 aliphatic rings. The van der Waals surface area contributed by atoms with Crippen LogP contribution in [0, 0.1) is 6.92 Å². The van der Waals surface area contributed by atoms with Gasteiger partial charge in [-0.25, -0.2) is 15.0 Å². The third kappa shape index (κ3) is 4.15. The molecule has 1 saturated heterocycles. The lowest BCUT2D eigenvalue weighted by molar-refractivity contribution is 0.0950. The second kappa shape index (κ2) is 8.41. The second-order valence-electron chi connectivity index (χ2n) is 6.33. The number of carbonyl (C=O) groups excluding carboxylic acids is 1. The Morgan fingerprint density at radius 1 is 1.25 bits per heavy atom. The van der Waals surface area contributed by atoms with E-state index in [4.69, 9.17) is 9.72 Å². The van der Waals surface area contributed by atoms with Crippen LogP contribution in [0.3, 0.4) is 0 Å². The van der Waals surface area contributed by atoms with E-state index in [1.165, 1.54) is 11.3 Å². The Hall–Kier alpha value is -2.91. The number of ether oxygens (including phenoxy) is 1. The molecule has 3 aromatic rings. The highest BCUT2D eigenvalue weighted by Crippen LogP contribution is 2.23. The number of morpholine rings is 1. The van der Waals surface area contributed by atoms with Gasteiger partial charge >= 0.3 is 0 Å². The highest BCUT2D eigenvalue weighted by Gasteiger charge is 2.20. The number of thiazole rings is 1. The van der Waals surface area contributed by atoms with Gasteiger partial charge in [-0.15, -0.1) is 11.3 Å². The minimum atomic E-state index is -0.229. The second-order valence-corrected chi connectivity index (χ2v) is 7.28. The summed E-state index contributed by atoms with van der Waals surface area (Å²) in [5.41, 5.74) is 2.79. The summed E-state index contributed by atoms with van der Waals surface area (Å²) < 4.78 is 5.40. The Labute approximate surface area is 166 Å². The highest BCUT2D eigenvalue weighted by molar-refractivity contribution is 7.09. The fourth-order valence-electron chi connectivity index (χ4n) is 2.92. The predicted molar refractivity (Wildman–Crippen MR) is 106 cm³/mol. The fourth-order valence-corrected chi connectivity index (χ4v) is 3.63. The Morgan fingerprint density at radius 2 is 2.04 bits per heavy atom. The number of hydrogen-bond acceptors (Lipinski definition) is 8. The topological polar surface area (TPSA) is 93.1 Å². The molecule has 144 valence electrons. The first-order chi connectivity index (χ1) is 13.7. The van der Waals surface area contributed by atoms with Gasteiger partial charge in [0, 0.05) is 48.3 Å². The van der Waals surface area contributed by atoms with Crippen LogP contribution in [0.5, 0.6) is 0 Å². The van der Waals surface area contributed by atoms with Crippen LogP contribution in [0.25, 0.3) is 11.3 Å². The maximum absolute atomic E-state index is 12.8. The van der Waals surface area contributed by atoms with Gasteiger partial charge in [0.25, 0.3) is 5.91 Å². The number of pyridine rings is 1. The van der Waals surface area contributed by atoms with E-state index in [1.807, 2.05) is 24.4 Å². The van der Waals surface area contributed by atoms with Crippen molar-refractivity contribution in [2.75, 3.05) is 31.2 Å². The van der Waals surface area contributed by atoms with Crippen LogP contribution in [0.15, 0.2) is 36.1 Å². The average molecular weight is 396 g/mol. The highest BCUT2D eigenvalue weighted by atomic mass is 32.1. The monoisotopic (exact) mass is 396 g/mol. The molecule has 8 nitrogen and oxygen atoms in total. The molecule has 0 spiro atoms. The first kappa shape index (κ1) is 18.5. The summed E-state index contributed by atoms with van der Waals surface area (Å²) >= 11 is 1.52. The lowest BCUT2D eigenvalue weighted by Crippen LogP contribution is -2.37. The van der Waals surface area contributed by atoms with E-state index in [0.717, 1.165) is 29.4 Å². The van der Waals surface area contributed by atoms with Gasteiger partial charge in [0.15, 0.2) is 0 Å². The van der Waals surface area contributed by atoms with E-state index in [1.54, 1.807) is 18.6 Å².